The maximum Gasteiger partial charge on any atom is 0.321 e. The minimum Gasteiger partial charge on any atom is -0.494 e. The van der Waals surface area contributed by atoms with Crippen molar-refractivity contribution in [3.63, 3.8) is 0 Å². The second-order valence-corrected chi connectivity index (χ2v) is 5.02. The molecule has 2 rings (SSSR count). The number of urea groups is 1. The number of hydrogen-bond acceptors (Lipinski definition) is 3. The molecule has 0 saturated carbocycles. The molecule has 120 valence electrons. The van der Waals surface area contributed by atoms with Gasteiger partial charge in [0.05, 0.1) is 18.7 Å². The number of halogens is 2. The van der Waals surface area contributed by atoms with Crippen molar-refractivity contribution in [3.8, 4) is 5.75 Å². The van der Waals surface area contributed by atoms with Gasteiger partial charge in [-0.15, -0.1) is 0 Å². The zero-order chi connectivity index (χ0) is 16.3. The van der Waals surface area contributed by atoms with Gasteiger partial charge < -0.3 is 20.1 Å². The van der Waals surface area contributed by atoms with E-state index in [-0.39, 0.29) is 18.0 Å². The van der Waals surface area contributed by atoms with Crippen molar-refractivity contribution in [3.05, 3.63) is 23.8 Å². The van der Waals surface area contributed by atoms with E-state index in [1.165, 1.54) is 12.0 Å². The highest BCUT2D eigenvalue weighted by Gasteiger charge is 2.28. The minimum atomic E-state index is -1.11. The number of nitrogens with one attached hydrogen (secondary N) is 1. The molecule has 1 aromatic rings. The lowest BCUT2D eigenvalue weighted by Gasteiger charge is -2.30. The number of piperidine rings is 1. The Kier molecular flexibility index (Phi) is 4.79. The average molecular weight is 314 g/mol. The first-order chi connectivity index (χ1) is 10.4. The SMILES string of the molecule is COc1cc(F)c(F)cc1NC(=O)N1CCCC(C(=O)O)C1. The topological polar surface area (TPSA) is 78.9 Å². The van der Waals surface area contributed by atoms with Gasteiger partial charge in [-0.05, 0) is 12.8 Å². The van der Waals surface area contributed by atoms with Crippen LogP contribution < -0.4 is 10.1 Å². The molecule has 1 saturated heterocycles. The third-order valence-electron chi connectivity index (χ3n) is 3.54. The van der Waals surface area contributed by atoms with Crippen LogP contribution in [-0.2, 0) is 4.79 Å². The van der Waals surface area contributed by atoms with Crippen molar-refractivity contribution in [1.29, 1.82) is 0 Å². The number of anilines is 1. The molecule has 6 nitrogen and oxygen atoms in total. The molecule has 2 N–H and O–H groups in total. The molecule has 1 heterocycles. The van der Waals surface area contributed by atoms with Gasteiger partial charge in [0.1, 0.15) is 5.75 Å². The largest absolute Gasteiger partial charge is 0.494 e. The van der Waals surface area contributed by atoms with Crippen molar-refractivity contribution in [1.82, 2.24) is 4.90 Å². The highest BCUT2D eigenvalue weighted by atomic mass is 19.2. The van der Waals surface area contributed by atoms with Crippen molar-refractivity contribution in [2.75, 3.05) is 25.5 Å². The van der Waals surface area contributed by atoms with Crippen LogP contribution >= 0.6 is 0 Å². The van der Waals surface area contributed by atoms with Gasteiger partial charge >= 0.3 is 12.0 Å². The quantitative estimate of drug-likeness (QED) is 0.897. The van der Waals surface area contributed by atoms with Crippen LogP contribution in [-0.4, -0.2) is 42.2 Å². The lowest BCUT2D eigenvalue weighted by molar-refractivity contribution is -0.143. The Hall–Kier alpha value is -2.38. The molecular formula is C14H16F2N2O4. The zero-order valence-corrected chi connectivity index (χ0v) is 11.9. The van der Waals surface area contributed by atoms with Crippen LogP contribution in [0.25, 0.3) is 0 Å². The van der Waals surface area contributed by atoms with Gasteiger partial charge in [0.15, 0.2) is 11.6 Å². The Balaban J connectivity index is 2.11. The Morgan fingerprint density at radius 1 is 1.36 bits per heavy atom. The van der Waals surface area contributed by atoms with Crippen LogP contribution in [0, 0.1) is 17.6 Å². The molecule has 1 aromatic carbocycles. The predicted octanol–water partition coefficient (Wildman–Crippen LogP) is 2.30. The molecule has 1 fully saturated rings. The van der Waals surface area contributed by atoms with E-state index >= 15 is 0 Å². The van der Waals surface area contributed by atoms with Gasteiger partial charge in [-0.1, -0.05) is 0 Å². The predicted molar refractivity (Wildman–Crippen MR) is 73.9 cm³/mol. The number of methoxy groups -OCH3 is 1. The number of benzene rings is 1. The number of likely N-dealkylation sites (tertiary alicyclic amines) is 1. The summed E-state index contributed by atoms with van der Waals surface area (Å²) in [5, 5.41) is 11.4. The van der Waals surface area contributed by atoms with Gasteiger partial charge in [-0.25, -0.2) is 13.6 Å². The van der Waals surface area contributed by atoms with Crippen LogP contribution in [0.3, 0.4) is 0 Å². The smallest absolute Gasteiger partial charge is 0.321 e. The summed E-state index contributed by atoms with van der Waals surface area (Å²) in [6.45, 7) is 0.481. The van der Waals surface area contributed by atoms with Crippen molar-refractivity contribution in [2.45, 2.75) is 12.8 Å². The first kappa shape index (κ1) is 16.0. The zero-order valence-electron chi connectivity index (χ0n) is 11.9. The molecule has 1 aliphatic heterocycles. The third-order valence-corrected chi connectivity index (χ3v) is 3.54. The van der Waals surface area contributed by atoms with E-state index < -0.39 is 29.6 Å². The molecule has 1 atom stereocenters. The number of ether oxygens (including phenoxy) is 1. The summed E-state index contributed by atoms with van der Waals surface area (Å²) in [6, 6.07) is 1.08. The first-order valence-corrected chi connectivity index (χ1v) is 6.74. The molecule has 0 aromatic heterocycles. The van der Waals surface area contributed by atoms with E-state index in [1.54, 1.807) is 0 Å². The molecule has 0 spiro atoms. The van der Waals surface area contributed by atoms with Gasteiger partial charge in [0, 0.05) is 25.2 Å². The summed E-state index contributed by atoms with van der Waals surface area (Å²) < 4.78 is 31.3. The molecule has 1 aliphatic rings. The fourth-order valence-corrected chi connectivity index (χ4v) is 2.35. The Morgan fingerprint density at radius 3 is 2.68 bits per heavy atom. The molecule has 0 radical (unpaired) electrons. The van der Waals surface area contributed by atoms with E-state index in [9.17, 15) is 18.4 Å². The molecule has 22 heavy (non-hydrogen) atoms. The number of carbonyl (C=O) groups excluding carboxylic acids is 1. The number of aliphatic carboxylic acids is 1. The van der Waals surface area contributed by atoms with E-state index in [4.69, 9.17) is 9.84 Å². The number of nitrogens with zero attached hydrogens (tertiary/aromatic N) is 1. The molecule has 2 amide bonds. The van der Waals surface area contributed by atoms with Gasteiger partial charge in [0.2, 0.25) is 0 Å². The molecule has 0 bridgehead atoms. The number of carbonyl (C=O) groups is 2. The summed E-state index contributed by atoms with van der Waals surface area (Å²) in [4.78, 5) is 24.5. The standard InChI is InChI=1S/C14H16F2N2O4/c1-22-12-6-10(16)9(15)5-11(12)17-14(21)18-4-2-3-8(7-18)13(19)20/h5-6,8H,2-4,7H2,1H3,(H,17,21)(H,19,20). The van der Waals surface area contributed by atoms with E-state index in [0.717, 1.165) is 12.1 Å². The summed E-state index contributed by atoms with van der Waals surface area (Å²) in [5.74, 6) is -3.79. The normalized spacial score (nSPS) is 18.0. The van der Waals surface area contributed by atoms with Crippen LogP contribution in [0.1, 0.15) is 12.8 Å². The van der Waals surface area contributed by atoms with Crippen LogP contribution in [0.5, 0.6) is 5.75 Å². The lowest BCUT2D eigenvalue weighted by atomic mass is 9.99. The van der Waals surface area contributed by atoms with Gasteiger partial charge in [-0.3, -0.25) is 4.79 Å². The highest BCUT2D eigenvalue weighted by Crippen LogP contribution is 2.28. The molecule has 1 unspecified atom stereocenters. The van der Waals surface area contributed by atoms with Crippen molar-refractivity contribution < 1.29 is 28.2 Å². The molecule has 0 aliphatic carbocycles. The fraction of sp³-hybridized carbons (Fsp3) is 0.429. The van der Waals surface area contributed by atoms with E-state index in [0.29, 0.717) is 19.4 Å². The number of carboxylic acids is 1. The van der Waals surface area contributed by atoms with Crippen LogP contribution in [0.2, 0.25) is 0 Å². The Bertz CT molecular complexity index is 594. The summed E-state index contributed by atoms with van der Waals surface area (Å²) in [6.07, 6.45) is 1.08. The van der Waals surface area contributed by atoms with E-state index in [1.807, 2.05) is 0 Å². The number of rotatable bonds is 3. The van der Waals surface area contributed by atoms with Crippen molar-refractivity contribution >= 4 is 17.7 Å². The summed E-state index contributed by atoms with van der Waals surface area (Å²) in [7, 11) is 1.27. The maximum absolute atomic E-state index is 13.3. The highest BCUT2D eigenvalue weighted by molar-refractivity contribution is 5.91. The summed E-state index contributed by atoms with van der Waals surface area (Å²) in [5.41, 5.74) is -0.0103. The minimum absolute atomic E-state index is 0.0103. The van der Waals surface area contributed by atoms with E-state index in [2.05, 4.69) is 5.32 Å². The Labute approximate surface area is 125 Å². The third kappa shape index (κ3) is 3.44. The molecule has 8 heteroatoms. The van der Waals surface area contributed by atoms with Gasteiger partial charge in [-0.2, -0.15) is 0 Å². The maximum atomic E-state index is 13.3. The first-order valence-electron chi connectivity index (χ1n) is 6.74. The average Bonchev–Trinajstić information content (AvgIpc) is 2.50. The van der Waals surface area contributed by atoms with Crippen LogP contribution in [0.4, 0.5) is 19.3 Å². The van der Waals surface area contributed by atoms with Crippen LogP contribution in [0.15, 0.2) is 12.1 Å². The fourth-order valence-electron chi connectivity index (χ4n) is 2.35. The lowest BCUT2D eigenvalue weighted by Crippen LogP contribution is -2.44. The number of carboxylic acid groups (broad SMARTS) is 1. The van der Waals surface area contributed by atoms with Crippen molar-refractivity contribution in [2.24, 2.45) is 5.92 Å². The number of amides is 2. The number of hydrogen-bond donors (Lipinski definition) is 2. The second kappa shape index (κ2) is 6.59. The Morgan fingerprint density at radius 2 is 2.05 bits per heavy atom. The monoisotopic (exact) mass is 314 g/mol. The summed E-state index contributed by atoms with van der Waals surface area (Å²) >= 11 is 0. The van der Waals surface area contributed by atoms with Gasteiger partial charge in [0.25, 0.3) is 0 Å². The molecular weight excluding hydrogens is 298 g/mol. The second-order valence-electron chi connectivity index (χ2n) is 5.02.